The van der Waals surface area contributed by atoms with Crippen LogP contribution in [0.4, 0.5) is 0 Å². The Labute approximate surface area is 79.6 Å². The molecular formula is C10H19NO2. The summed E-state index contributed by atoms with van der Waals surface area (Å²) in [7, 11) is 1.43. The topological polar surface area (TPSA) is 52.3 Å². The second-order valence-electron chi connectivity index (χ2n) is 4.00. The Kier molecular flexibility index (Phi) is 3.72. The molecule has 13 heavy (non-hydrogen) atoms. The lowest BCUT2D eigenvalue weighted by Crippen LogP contribution is -2.36. The van der Waals surface area contributed by atoms with Crippen molar-refractivity contribution in [3.63, 3.8) is 0 Å². The summed E-state index contributed by atoms with van der Waals surface area (Å²) in [6.07, 6.45) is 7.06. The second-order valence-corrected chi connectivity index (χ2v) is 4.00. The minimum atomic E-state index is -0.124. The van der Waals surface area contributed by atoms with Crippen LogP contribution in [0.2, 0.25) is 0 Å². The fourth-order valence-corrected chi connectivity index (χ4v) is 2.02. The van der Waals surface area contributed by atoms with Crippen molar-refractivity contribution in [2.75, 3.05) is 7.11 Å². The third-order valence-corrected chi connectivity index (χ3v) is 2.88. The van der Waals surface area contributed by atoms with Crippen LogP contribution in [-0.4, -0.2) is 18.6 Å². The molecule has 0 amide bonds. The highest BCUT2D eigenvalue weighted by atomic mass is 16.5. The Morgan fingerprint density at radius 1 is 1.46 bits per heavy atom. The molecule has 76 valence electrons. The molecule has 1 fully saturated rings. The van der Waals surface area contributed by atoms with E-state index in [9.17, 15) is 4.79 Å². The van der Waals surface area contributed by atoms with Gasteiger partial charge in [0.2, 0.25) is 0 Å². The lowest BCUT2D eigenvalue weighted by molar-refractivity contribution is -0.140. The van der Waals surface area contributed by atoms with E-state index < -0.39 is 0 Å². The molecule has 0 spiro atoms. The first-order valence-corrected chi connectivity index (χ1v) is 5.02. The van der Waals surface area contributed by atoms with Crippen molar-refractivity contribution in [1.29, 1.82) is 0 Å². The fourth-order valence-electron chi connectivity index (χ4n) is 2.02. The molecule has 0 aromatic heterocycles. The number of carbonyl (C=O) groups excluding carboxylic acids is 1. The summed E-state index contributed by atoms with van der Waals surface area (Å²) in [4.78, 5) is 10.8. The Bertz CT molecular complexity index is 174. The monoisotopic (exact) mass is 185 g/mol. The smallest absolute Gasteiger partial charge is 0.305 e. The van der Waals surface area contributed by atoms with Crippen LogP contribution >= 0.6 is 0 Å². The van der Waals surface area contributed by atoms with Gasteiger partial charge < -0.3 is 10.5 Å². The van der Waals surface area contributed by atoms with Crippen molar-refractivity contribution in [3.8, 4) is 0 Å². The number of rotatable bonds is 4. The maximum atomic E-state index is 10.8. The standard InChI is InChI=1S/C10H19NO2/c1-13-9(12)5-4-8-10(11)6-2-3-7-10/h2-8,11H2,1H3. The normalized spacial score (nSPS) is 20.2. The second kappa shape index (κ2) is 4.61. The summed E-state index contributed by atoms with van der Waals surface area (Å²) >= 11 is 0. The van der Waals surface area contributed by atoms with Crippen molar-refractivity contribution in [2.45, 2.75) is 50.5 Å². The summed E-state index contributed by atoms with van der Waals surface area (Å²) in [5.74, 6) is -0.124. The zero-order valence-electron chi connectivity index (χ0n) is 8.34. The third kappa shape index (κ3) is 3.35. The molecule has 3 heteroatoms. The first kappa shape index (κ1) is 10.5. The van der Waals surface area contributed by atoms with Crippen LogP contribution in [0.3, 0.4) is 0 Å². The van der Waals surface area contributed by atoms with E-state index in [1.807, 2.05) is 0 Å². The van der Waals surface area contributed by atoms with Crippen LogP contribution in [0.15, 0.2) is 0 Å². The molecule has 1 aliphatic carbocycles. The number of nitrogens with two attached hydrogens (primary N) is 1. The molecule has 1 saturated carbocycles. The van der Waals surface area contributed by atoms with Crippen LogP contribution in [-0.2, 0) is 9.53 Å². The SMILES string of the molecule is COC(=O)CCCC1(N)CCCC1. The van der Waals surface area contributed by atoms with Crippen LogP contribution in [0, 0.1) is 0 Å². The summed E-state index contributed by atoms with van der Waals surface area (Å²) in [5, 5.41) is 0. The lowest BCUT2D eigenvalue weighted by atomic mass is 9.92. The van der Waals surface area contributed by atoms with Gasteiger partial charge in [-0.05, 0) is 25.7 Å². The molecule has 2 N–H and O–H groups in total. The first-order chi connectivity index (χ1) is 6.16. The summed E-state index contributed by atoms with van der Waals surface area (Å²) in [6, 6.07) is 0. The van der Waals surface area contributed by atoms with Crippen molar-refractivity contribution in [2.24, 2.45) is 5.73 Å². The Balaban J connectivity index is 2.14. The number of methoxy groups -OCH3 is 1. The van der Waals surface area contributed by atoms with Crippen LogP contribution < -0.4 is 5.73 Å². The number of carbonyl (C=O) groups is 1. The van der Waals surface area contributed by atoms with Gasteiger partial charge in [-0.3, -0.25) is 4.79 Å². The molecule has 0 bridgehead atoms. The van der Waals surface area contributed by atoms with Gasteiger partial charge in [-0.2, -0.15) is 0 Å². The number of esters is 1. The molecular weight excluding hydrogens is 166 g/mol. The van der Waals surface area contributed by atoms with Crippen molar-refractivity contribution >= 4 is 5.97 Å². The molecule has 0 radical (unpaired) electrons. The molecule has 3 nitrogen and oxygen atoms in total. The van der Waals surface area contributed by atoms with Gasteiger partial charge in [0.15, 0.2) is 0 Å². The molecule has 0 aromatic carbocycles. The highest BCUT2D eigenvalue weighted by Gasteiger charge is 2.28. The minimum absolute atomic E-state index is 0.0218. The van der Waals surface area contributed by atoms with E-state index >= 15 is 0 Å². The lowest BCUT2D eigenvalue weighted by Gasteiger charge is -2.22. The predicted octanol–water partition coefficient (Wildman–Crippen LogP) is 1.60. The van der Waals surface area contributed by atoms with Gasteiger partial charge in [-0.1, -0.05) is 12.8 Å². The number of hydrogen-bond donors (Lipinski definition) is 1. The van der Waals surface area contributed by atoms with Gasteiger partial charge >= 0.3 is 5.97 Å². The van der Waals surface area contributed by atoms with E-state index in [0.29, 0.717) is 6.42 Å². The summed E-state index contributed by atoms with van der Waals surface area (Å²) in [6.45, 7) is 0. The van der Waals surface area contributed by atoms with Crippen molar-refractivity contribution in [1.82, 2.24) is 0 Å². The molecule has 0 unspecified atom stereocenters. The predicted molar refractivity (Wildman–Crippen MR) is 51.3 cm³/mol. The minimum Gasteiger partial charge on any atom is -0.469 e. The Hall–Kier alpha value is -0.570. The molecule has 0 heterocycles. The Morgan fingerprint density at radius 2 is 2.08 bits per heavy atom. The molecule has 0 saturated heterocycles. The van der Waals surface area contributed by atoms with E-state index in [0.717, 1.165) is 25.7 Å². The first-order valence-electron chi connectivity index (χ1n) is 5.02. The zero-order valence-corrected chi connectivity index (χ0v) is 8.34. The van der Waals surface area contributed by atoms with E-state index in [2.05, 4.69) is 4.74 Å². The summed E-state index contributed by atoms with van der Waals surface area (Å²) in [5.41, 5.74) is 6.16. The third-order valence-electron chi connectivity index (χ3n) is 2.88. The maximum absolute atomic E-state index is 10.8. The maximum Gasteiger partial charge on any atom is 0.305 e. The van der Waals surface area contributed by atoms with Gasteiger partial charge in [0, 0.05) is 12.0 Å². The van der Waals surface area contributed by atoms with Gasteiger partial charge in [0.1, 0.15) is 0 Å². The zero-order chi connectivity index (χ0) is 9.73. The summed E-state index contributed by atoms with van der Waals surface area (Å²) < 4.78 is 4.57. The molecule has 1 aliphatic rings. The van der Waals surface area contributed by atoms with Gasteiger partial charge in [-0.25, -0.2) is 0 Å². The van der Waals surface area contributed by atoms with Crippen LogP contribution in [0.1, 0.15) is 44.9 Å². The average Bonchev–Trinajstić information content (AvgIpc) is 2.52. The van der Waals surface area contributed by atoms with E-state index in [1.54, 1.807) is 0 Å². The average molecular weight is 185 g/mol. The van der Waals surface area contributed by atoms with E-state index in [4.69, 9.17) is 5.73 Å². The quantitative estimate of drug-likeness (QED) is 0.677. The largest absolute Gasteiger partial charge is 0.469 e. The van der Waals surface area contributed by atoms with Crippen LogP contribution in [0.25, 0.3) is 0 Å². The van der Waals surface area contributed by atoms with E-state index in [1.165, 1.54) is 20.0 Å². The molecule has 0 aromatic rings. The van der Waals surface area contributed by atoms with Crippen molar-refractivity contribution < 1.29 is 9.53 Å². The van der Waals surface area contributed by atoms with Crippen molar-refractivity contribution in [3.05, 3.63) is 0 Å². The van der Waals surface area contributed by atoms with Crippen LogP contribution in [0.5, 0.6) is 0 Å². The fraction of sp³-hybridized carbons (Fsp3) is 0.900. The number of ether oxygens (including phenoxy) is 1. The van der Waals surface area contributed by atoms with Gasteiger partial charge in [0.25, 0.3) is 0 Å². The highest BCUT2D eigenvalue weighted by Crippen LogP contribution is 2.31. The van der Waals surface area contributed by atoms with Gasteiger partial charge in [-0.15, -0.1) is 0 Å². The molecule has 0 aliphatic heterocycles. The molecule has 1 rings (SSSR count). The number of hydrogen-bond acceptors (Lipinski definition) is 3. The highest BCUT2D eigenvalue weighted by molar-refractivity contribution is 5.68. The van der Waals surface area contributed by atoms with Gasteiger partial charge in [0.05, 0.1) is 7.11 Å². The van der Waals surface area contributed by atoms with E-state index in [-0.39, 0.29) is 11.5 Å². The Morgan fingerprint density at radius 3 is 2.62 bits per heavy atom. The molecule has 0 atom stereocenters.